The molecule has 0 spiro atoms. The van der Waals surface area contributed by atoms with Gasteiger partial charge in [0.1, 0.15) is 5.52 Å². The fourth-order valence-corrected chi connectivity index (χ4v) is 3.09. The average molecular weight is 279 g/mol. The lowest BCUT2D eigenvalue weighted by Gasteiger charge is -2.30. The Morgan fingerprint density at radius 3 is 3.10 bits per heavy atom. The summed E-state index contributed by atoms with van der Waals surface area (Å²) in [7, 11) is 0. The van der Waals surface area contributed by atoms with Crippen molar-refractivity contribution >= 4 is 17.0 Å². The normalized spacial score (nSPS) is 14.4. The van der Waals surface area contributed by atoms with E-state index in [1.54, 1.807) is 0 Å². The van der Waals surface area contributed by atoms with Gasteiger partial charge in [-0.2, -0.15) is 5.10 Å². The molecule has 5 nitrogen and oxygen atoms in total. The molecule has 1 aromatic carbocycles. The highest BCUT2D eigenvalue weighted by molar-refractivity contribution is 5.70. The summed E-state index contributed by atoms with van der Waals surface area (Å²) in [5.41, 5.74) is 11.6. The number of hydrogen-bond acceptors (Lipinski definition) is 4. The van der Waals surface area contributed by atoms with Gasteiger partial charge in [0.15, 0.2) is 5.82 Å². The van der Waals surface area contributed by atoms with Gasteiger partial charge in [0, 0.05) is 31.2 Å². The Kier molecular flexibility index (Phi) is 2.60. The summed E-state index contributed by atoms with van der Waals surface area (Å²) < 4.78 is 1.90. The van der Waals surface area contributed by atoms with Crippen LogP contribution in [0.1, 0.15) is 16.8 Å². The molecule has 0 aliphatic carbocycles. The first-order chi connectivity index (χ1) is 10.2. The third kappa shape index (κ3) is 1.93. The van der Waals surface area contributed by atoms with E-state index >= 15 is 0 Å². The molecule has 0 saturated heterocycles. The fourth-order valence-electron chi connectivity index (χ4n) is 3.09. The minimum atomic E-state index is 0.845. The van der Waals surface area contributed by atoms with E-state index in [2.05, 4.69) is 27.1 Å². The van der Waals surface area contributed by atoms with Crippen molar-refractivity contribution in [1.82, 2.24) is 14.6 Å². The van der Waals surface area contributed by atoms with Crippen molar-refractivity contribution in [1.29, 1.82) is 0 Å². The van der Waals surface area contributed by atoms with Crippen LogP contribution >= 0.6 is 0 Å². The van der Waals surface area contributed by atoms with Crippen molar-refractivity contribution in [2.45, 2.75) is 19.9 Å². The van der Waals surface area contributed by atoms with Crippen LogP contribution in [0.15, 0.2) is 36.7 Å². The molecule has 1 aliphatic heterocycles. The molecule has 0 fully saturated rings. The van der Waals surface area contributed by atoms with E-state index in [0.29, 0.717) is 0 Å². The van der Waals surface area contributed by atoms with Crippen LogP contribution in [0.4, 0.5) is 11.5 Å². The first-order valence-corrected chi connectivity index (χ1v) is 7.14. The second kappa shape index (κ2) is 4.48. The molecule has 3 aromatic rings. The van der Waals surface area contributed by atoms with Crippen LogP contribution in [0.2, 0.25) is 0 Å². The summed E-state index contributed by atoms with van der Waals surface area (Å²) in [6.45, 7) is 3.78. The maximum Gasteiger partial charge on any atom is 0.155 e. The van der Waals surface area contributed by atoms with Gasteiger partial charge in [0.25, 0.3) is 0 Å². The van der Waals surface area contributed by atoms with Gasteiger partial charge in [-0.25, -0.2) is 9.50 Å². The summed E-state index contributed by atoms with van der Waals surface area (Å²) in [6, 6.07) is 8.24. The van der Waals surface area contributed by atoms with E-state index in [1.807, 2.05) is 36.0 Å². The van der Waals surface area contributed by atoms with Crippen molar-refractivity contribution < 1.29 is 0 Å². The summed E-state index contributed by atoms with van der Waals surface area (Å²) in [5, 5.41) is 4.46. The zero-order valence-electron chi connectivity index (χ0n) is 12.0. The second-order valence-corrected chi connectivity index (χ2v) is 5.52. The second-order valence-electron chi connectivity index (χ2n) is 5.52. The van der Waals surface area contributed by atoms with Gasteiger partial charge in [-0.3, -0.25) is 0 Å². The molecule has 3 heterocycles. The molecule has 1 aliphatic rings. The van der Waals surface area contributed by atoms with Crippen molar-refractivity contribution in [2.24, 2.45) is 0 Å². The lowest BCUT2D eigenvalue weighted by Crippen LogP contribution is -2.31. The fraction of sp³-hybridized carbons (Fsp3) is 0.250. The van der Waals surface area contributed by atoms with E-state index in [-0.39, 0.29) is 0 Å². The van der Waals surface area contributed by atoms with E-state index in [0.717, 1.165) is 42.2 Å². The van der Waals surface area contributed by atoms with Crippen LogP contribution in [0, 0.1) is 6.92 Å². The van der Waals surface area contributed by atoms with Gasteiger partial charge in [0.2, 0.25) is 0 Å². The van der Waals surface area contributed by atoms with Gasteiger partial charge >= 0.3 is 0 Å². The summed E-state index contributed by atoms with van der Waals surface area (Å²) in [4.78, 5) is 6.88. The summed E-state index contributed by atoms with van der Waals surface area (Å²) in [5.74, 6) is 0.992. The lowest BCUT2D eigenvalue weighted by atomic mass is 9.98. The van der Waals surface area contributed by atoms with Crippen molar-refractivity contribution in [3.8, 4) is 0 Å². The van der Waals surface area contributed by atoms with Crippen LogP contribution in [-0.4, -0.2) is 21.1 Å². The van der Waals surface area contributed by atoms with Gasteiger partial charge in [-0.15, -0.1) is 0 Å². The first kappa shape index (κ1) is 12.2. The quantitative estimate of drug-likeness (QED) is 0.694. The molecule has 0 bridgehead atoms. The zero-order chi connectivity index (χ0) is 14.4. The van der Waals surface area contributed by atoms with Gasteiger partial charge in [-0.1, -0.05) is 12.1 Å². The van der Waals surface area contributed by atoms with E-state index in [9.17, 15) is 0 Å². The first-order valence-electron chi connectivity index (χ1n) is 7.14. The number of nitrogen functional groups attached to an aromatic ring is 1. The average Bonchev–Trinajstić information content (AvgIpc) is 2.87. The molecule has 2 N–H and O–H groups in total. The van der Waals surface area contributed by atoms with Gasteiger partial charge < -0.3 is 10.6 Å². The molecule has 2 aromatic heterocycles. The molecule has 106 valence electrons. The highest BCUT2D eigenvalue weighted by atomic mass is 15.3. The zero-order valence-corrected chi connectivity index (χ0v) is 12.0. The maximum atomic E-state index is 6.07. The monoisotopic (exact) mass is 279 g/mol. The van der Waals surface area contributed by atoms with Crippen LogP contribution in [0.3, 0.4) is 0 Å². The van der Waals surface area contributed by atoms with Crippen molar-refractivity contribution in [3.05, 3.63) is 53.5 Å². The topological polar surface area (TPSA) is 59.5 Å². The molecule has 0 unspecified atom stereocenters. The van der Waals surface area contributed by atoms with Crippen LogP contribution in [-0.2, 0) is 13.0 Å². The molecule has 5 heteroatoms. The number of anilines is 2. The van der Waals surface area contributed by atoms with E-state index < -0.39 is 0 Å². The number of aryl methyl sites for hydroxylation is 1. The number of rotatable bonds is 1. The largest absolute Gasteiger partial charge is 0.398 e. The molecule has 0 radical (unpaired) electrons. The summed E-state index contributed by atoms with van der Waals surface area (Å²) in [6.07, 6.45) is 4.66. The molecular formula is C16H17N5. The van der Waals surface area contributed by atoms with Gasteiger partial charge in [0.05, 0.1) is 5.69 Å². The number of fused-ring (bicyclic) bond motifs is 2. The SMILES string of the molecule is Cc1cc2c(N3CCc4c(N)cccc4C3)nccn2n1. The summed E-state index contributed by atoms with van der Waals surface area (Å²) >= 11 is 0. The smallest absolute Gasteiger partial charge is 0.155 e. The Hall–Kier alpha value is -2.56. The third-order valence-electron chi connectivity index (χ3n) is 4.09. The highest BCUT2D eigenvalue weighted by Gasteiger charge is 2.21. The number of benzene rings is 1. The Labute approximate surface area is 123 Å². The highest BCUT2D eigenvalue weighted by Crippen LogP contribution is 2.28. The Morgan fingerprint density at radius 1 is 1.29 bits per heavy atom. The molecule has 0 amide bonds. The van der Waals surface area contributed by atoms with Crippen LogP contribution in [0.25, 0.3) is 5.52 Å². The minimum absolute atomic E-state index is 0.845. The van der Waals surface area contributed by atoms with Crippen molar-refractivity contribution in [3.63, 3.8) is 0 Å². The Balaban J connectivity index is 1.77. The number of nitrogens with zero attached hydrogens (tertiary/aromatic N) is 4. The number of nitrogens with two attached hydrogens (primary N) is 1. The third-order valence-corrected chi connectivity index (χ3v) is 4.09. The molecule has 0 saturated carbocycles. The molecular weight excluding hydrogens is 262 g/mol. The predicted octanol–water partition coefficient (Wildman–Crippen LogP) is 2.18. The standard InChI is InChI=1S/C16H17N5/c1-11-9-15-16(18-6-8-21(15)19-11)20-7-5-13-12(10-20)3-2-4-14(13)17/h2-4,6,8-9H,5,7,10,17H2,1H3. The van der Waals surface area contributed by atoms with Gasteiger partial charge in [-0.05, 0) is 36.6 Å². The maximum absolute atomic E-state index is 6.07. The molecule has 21 heavy (non-hydrogen) atoms. The predicted molar refractivity (Wildman–Crippen MR) is 83.3 cm³/mol. The van der Waals surface area contributed by atoms with E-state index in [1.165, 1.54) is 11.1 Å². The van der Waals surface area contributed by atoms with Crippen molar-refractivity contribution in [2.75, 3.05) is 17.2 Å². The number of aromatic nitrogens is 3. The molecule has 0 atom stereocenters. The lowest BCUT2D eigenvalue weighted by molar-refractivity contribution is 0.721. The van der Waals surface area contributed by atoms with Crippen LogP contribution in [0.5, 0.6) is 0 Å². The van der Waals surface area contributed by atoms with Crippen LogP contribution < -0.4 is 10.6 Å². The number of hydrogen-bond donors (Lipinski definition) is 1. The molecule has 4 rings (SSSR count). The Bertz CT molecular complexity index is 821. The minimum Gasteiger partial charge on any atom is -0.398 e. The van der Waals surface area contributed by atoms with E-state index in [4.69, 9.17) is 5.73 Å². The Morgan fingerprint density at radius 2 is 2.19 bits per heavy atom.